The molecule has 0 unspecified atom stereocenters. The number of aromatic nitrogens is 4. The van der Waals surface area contributed by atoms with Gasteiger partial charge in [0, 0.05) is 30.9 Å². The summed E-state index contributed by atoms with van der Waals surface area (Å²) in [5, 5.41) is 7.77. The van der Waals surface area contributed by atoms with Crippen molar-refractivity contribution < 1.29 is 8.42 Å². The third-order valence-corrected chi connectivity index (χ3v) is 6.40. The Morgan fingerprint density at radius 2 is 2.04 bits per heavy atom. The van der Waals surface area contributed by atoms with Gasteiger partial charge in [-0.2, -0.15) is 5.10 Å². The van der Waals surface area contributed by atoms with Crippen LogP contribution in [0, 0.1) is 0 Å². The molecule has 1 saturated heterocycles. The van der Waals surface area contributed by atoms with Crippen molar-refractivity contribution in [3.63, 3.8) is 0 Å². The number of imidazole rings is 1. The van der Waals surface area contributed by atoms with Crippen LogP contribution in [0.25, 0.3) is 16.9 Å². The lowest BCUT2D eigenvalue weighted by molar-refractivity contribution is 0.521. The number of sulfone groups is 1. The lowest BCUT2D eigenvalue weighted by atomic mass is 10.2. The number of nitrogens with one attached hydrogen (secondary N) is 1. The van der Waals surface area contributed by atoms with Gasteiger partial charge in [0.05, 0.1) is 41.6 Å². The monoisotopic (exact) mass is 371 g/mol. The minimum atomic E-state index is -2.85. The number of hydrogen-bond donors (Lipinski definition) is 1. The fourth-order valence-electron chi connectivity index (χ4n) is 3.26. The van der Waals surface area contributed by atoms with E-state index in [-0.39, 0.29) is 11.8 Å². The van der Waals surface area contributed by atoms with E-state index in [2.05, 4.69) is 20.0 Å². The Bertz CT molecular complexity index is 978. The van der Waals surface area contributed by atoms with Gasteiger partial charge in [0.1, 0.15) is 0 Å². The smallest absolute Gasteiger partial charge is 0.151 e. The van der Waals surface area contributed by atoms with Crippen LogP contribution in [0.1, 0.15) is 6.42 Å². The fourth-order valence-corrected chi connectivity index (χ4v) is 4.97. The zero-order valence-electron chi connectivity index (χ0n) is 14.3. The number of nitrogens with zero attached hydrogens (tertiary/aromatic N) is 4. The van der Waals surface area contributed by atoms with Gasteiger partial charge in [0.15, 0.2) is 9.84 Å². The lowest BCUT2D eigenvalue weighted by Crippen LogP contribution is -2.32. The van der Waals surface area contributed by atoms with Crippen LogP contribution in [-0.4, -0.2) is 51.8 Å². The molecule has 1 aliphatic rings. The number of hydrogen-bond acceptors (Lipinski definition) is 5. The van der Waals surface area contributed by atoms with Crippen molar-refractivity contribution in [3.05, 3.63) is 55.2 Å². The average Bonchev–Trinajstić information content (AvgIpc) is 3.35. The van der Waals surface area contributed by atoms with Crippen LogP contribution in [0.2, 0.25) is 0 Å². The van der Waals surface area contributed by atoms with Crippen molar-refractivity contribution in [1.29, 1.82) is 0 Å². The van der Waals surface area contributed by atoms with E-state index in [1.165, 1.54) is 0 Å². The summed E-state index contributed by atoms with van der Waals surface area (Å²) in [6.45, 7) is 1.43. The first kappa shape index (κ1) is 17.0. The number of benzene rings is 1. The molecule has 7 nitrogen and oxygen atoms in total. The summed E-state index contributed by atoms with van der Waals surface area (Å²) < 4.78 is 27.0. The Kier molecular flexibility index (Phi) is 4.60. The predicted octanol–water partition coefficient (Wildman–Crippen LogP) is 1.51. The van der Waals surface area contributed by atoms with Crippen LogP contribution < -0.4 is 5.32 Å². The van der Waals surface area contributed by atoms with E-state index in [1.54, 1.807) is 6.33 Å². The van der Waals surface area contributed by atoms with Crippen molar-refractivity contribution >= 4 is 9.84 Å². The minimum Gasteiger partial charge on any atom is -0.329 e. The van der Waals surface area contributed by atoms with Crippen LogP contribution >= 0.6 is 0 Å². The summed E-state index contributed by atoms with van der Waals surface area (Å²) in [6, 6.07) is 10.0. The minimum absolute atomic E-state index is 0.0628. The molecule has 4 rings (SSSR count). The quantitative estimate of drug-likeness (QED) is 0.710. The average molecular weight is 371 g/mol. The van der Waals surface area contributed by atoms with E-state index >= 15 is 0 Å². The molecule has 0 amide bonds. The summed E-state index contributed by atoms with van der Waals surface area (Å²) in [7, 11) is -2.85. The highest BCUT2D eigenvalue weighted by Gasteiger charge is 2.27. The molecule has 3 heterocycles. The Hall–Kier alpha value is -2.45. The van der Waals surface area contributed by atoms with Gasteiger partial charge in [-0.25, -0.2) is 18.1 Å². The Morgan fingerprint density at radius 1 is 1.19 bits per heavy atom. The lowest BCUT2D eigenvalue weighted by Gasteiger charge is -2.12. The molecule has 0 radical (unpaired) electrons. The number of para-hydroxylation sites is 1. The molecule has 26 heavy (non-hydrogen) atoms. The first-order valence-corrected chi connectivity index (χ1v) is 10.5. The molecule has 3 aromatic rings. The van der Waals surface area contributed by atoms with E-state index in [0.29, 0.717) is 18.7 Å². The maximum absolute atomic E-state index is 11.5. The second-order valence-electron chi connectivity index (χ2n) is 6.54. The van der Waals surface area contributed by atoms with Gasteiger partial charge in [-0.3, -0.25) is 0 Å². The Morgan fingerprint density at radius 3 is 2.81 bits per heavy atom. The highest BCUT2D eigenvalue weighted by Crippen LogP contribution is 2.20. The highest BCUT2D eigenvalue weighted by molar-refractivity contribution is 7.91. The van der Waals surface area contributed by atoms with Gasteiger partial charge in [0.2, 0.25) is 0 Å². The summed E-state index contributed by atoms with van der Waals surface area (Å²) in [5.74, 6) is 0.535. The van der Waals surface area contributed by atoms with Crippen molar-refractivity contribution in [2.75, 3.05) is 18.1 Å². The van der Waals surface area contributed by atoms with Crippen LogP contribution in [0.4, 0.5) is 0 Å². The van der Waals surface area contributed by atoms with Crippen molar-refractivity contribution in [2.45, 2.75) is 19.0 Å². The molecule has 1 atom stereocenters. The molecule has 0 aliphatic carbocycles. The van der Waals surface area contributed by atoms with Gasteiger partial charge in [0.25, 0.3) is 0 Å². The molecular formula is C18H21N5O2S. The fraction of sp³-hybridized carbons (Fsp3) is 0.333. The molecule has 1 aliphatic heterocycles. The van der Waals surface area contributed by atoms with E-state index < -0.39 is 9.84 Å². The molecule has 1 fully saturated rings. The predicted molar refractivity (Wildman–Crippen MR) is 99.8 cm³/mol. The van der Waals surface area contributed by atoms with E-state index in [4.69, 9.17) is 0 Å². The van der Waals surface area contributed by atoms with Gasteiger partial charge >= 0.3 is 0 Å². The molecule has 1 N–H and O–H groups in total. The van der Waals surface area contributed by atoms with Crippen molar-refractivity contribution in [2.24, 2.45) is 0 Å². The second-order valence-corrected chi connectivity index (χ2v) is 8.76. The second kappa shape index (κ2) is 7.05. The van der Waals surface area contributed by atoms with E-state index in [1.807, 2.05) is 53.6 Å². The molecule has 0 bridgehead atoms. The largest absolute Gasteiger partial charge is 0.329 e. The molecule has 0 saturated carbocycles. The zero-order chi connectivity index (χ0) is 18.0. The molecule has 8 heteroatoms. The SMILES string of the molecule is O=S1(=O)CC[C@@H](NCCn2cncc2-c2cnn(-c3ccccc3)c2)C1. The van der Waals surface area contributed by atoms with Crippen molar-refractivity contribution in [1.82, 2.24) is 24.6 Å². The highest BCUT2D eigenvalue weighted by atomic mass is 32.2. The Labute approximate surface area is 152 Å². The molecule has 2 aromatic heterocycles. The van der Waals surface area contributed by atoms with Crippen LogP contribution in [0.15, 0.2) is 55.2 Å². The standard InChI is InChI=1S/C18H21N5O2S/c24-26(25)9-6-16(13-26)20-7-8-22-14-19-11-18(22)15-10-21-23(12-15)17-4-2-1-3-5-17/h1-5,10-12,14,16,20H,6-9,13H2/t16-/m1/s1. The van der Waals surface area contributed by atoms with Gasteiger partial charge in [-0.1, -0.05) is 18.2 Å². The third kappa shape index (κ3) is 3.71. The molecule has 0 spiro atoms. The molecular weight excluding hydrogens is 350 g/mol. The first-order valence-electron chi connectivity index (χ1n) is 8.65. The van der Waals surface area contributed by atoms with Crippen LogP contribution in [-0.2, 0) is 16.4 Å². The van der Waals surface area contributed by atoms with E-state index in [9.17, 15) is 8.42 Å². The third-order valence-electron chi connectivity index (χ3n) is 4.63. The van der Waals surface area contributed by atoms with Gasteiger partial charge in [-0.05, 0) is 18.6 Å². The molecule has 136 valence electrons. The maximum atomic E-state index is 11.5. The van der Waals surface area contributed by atoms with Crippen LogP contribution in [0.3, 0.4) is 0 Å². The molecule has 1 aromatic carbocycles. The van der Waals surface area contributed by atoms with Gasteiger partial charge in [-0.15, -0.1) is 0 Å². The zero-order valence-corrected chi connectivity index (χ0v) is 15.1. The maximum Gasteiger partial charge on any atom is 0.151 e. The topological polar surface area (TPSA) is 81.8 Å². The van der Waals surface area contributed by atoms with Gasteiger partial charge < -0.3 is 9.88 Å². The summed E-state index contributed by atoms with van der Waals surface area (Å²) >= 11 is 0. The van der Waals surface area contributed by atoms with Crippen molar-refractivity contribution in [3.8, 4) is 16.9 Å². The summed E-state index contributed by atoms with van der Waals surface area (Å²) in [4.78, 5) is 4.26. The summed E-state index contributed by atoms with van der Waals surface area (Å²) in [5.41, 5.74) is 3.00. The van der Waals surface area contributed by atoms with Crippen LogP contribution in [0.5, 0.6) is 0 Å². The Balaban J connectivity index is 1.42. The van der Waals surface area contributed by atoms with E-state index in [0.717, 1.165) is 23.5 Å². The first-order chi connectivity index (χ1) is 12.6. The number of rotatable bonds is 6. The summed E-state index contributed by atoms with van der Waals surface area (Å²) in [6.07, 6.45) is 8.13. The normalized spacial score (nSPS) is 19.0.